The summed E-state index contributed by atoms with van der Waals surface area (Å²) in [5.74, 6) is -1.05. The first kappa shape index (κ1) is 26.1. The topological polar surface area (TPSA) is 105 Å². The molecule has 0 aliphatic carbocycles. The van der Waals surface area contributed by atoms with Crippen LogP contribution in [-0.4, -0.2) is 77.7 Å². The molecule has 2 fully saturated rings. The summed E-state index contributed by atoms with van der Waals surface area (Å²) in [5.41, 5.74) is 0.878. The smallest absolute Gasteiger partial charge is 0.322 e. The van der Waals surface area contributed by atoms with E-state index in [0.717, 1.165) is 5.69 Å². The van der Waals surface area contributed by atoms with E-state index in [1.165, 1.54) is 0 Å². The Bertz CT molecular complexity index is 1100. The number of urea groups is 1. The predicted octanol–water partition coefficient (Wildman–Crippen LogP) is 3.02. The fourth-order valence-electron chi connectivity index (χ4n) is 4.86. The number of carboxylic acids is 1. The number of piperidine rings is 1. The van der Waals surface area contributed by atoms with Gasteiger partial charge in [0.05, 0.1) is 6.67 Å². The molecular weight excluding hydrogens is 505 g/mol. The number of likely N-dealkylation sites (tertiary alicyclic amines) is 1. The molecule has 0 radical (unpaired) electrons. The van der Waals surface area contributed by atoms with Crippen molar-refractivity contribution in [2.45, 2.75) is 31.0 Å². The van der Waals surface area contributed by atoms with Gasteiger partial charge >= 0.3 is 12.0 Å². The average molecular weight is 534 g/mol. The zero-order valence-electron chi connectivity index (χ0n) is 19.9. The van der Waals surface area contributed by atoms with Gasteiger partial charge in [-0.2, -0.15) is 0 Å². The standard InChI is InChI=1S/C25H29Cl2N5O4/c1-30-16-32(17-6-3-2-4-7-17)25(23(30)35)10-12-31(13-11-25)24(36)29-15-21(22(33)34)28-14-18-19(26)8-5-9-20(18)27/h2-9,21,28H,10-16H2,1H3,(H,29,36)(H,33,34). The first-order valence-electron chi connectivity index (χ1n) is 11.7. The number of carbonyl (C=O) groups excluding carboxylic acids is 2. The van der Waals surface area contributed by atoms with E-state index in [-0.39, 0.29) is 25.0 Å². The number of nitrogens with zero attached hydrogens (tertiary/aromatic N) is 3. The molecule has 3 N–H and O–H groups in total. The van der Waals surface area contributed by atoms with Crippen molar-refractivity contribution in [1.29, 1.82) is 0 Å². The highest BCUT2D eigenvalue weighted by Crippen LogP contribution is 2.38. The van der Waals surface area contributed by atoms with Gasteiger partial charge in [0.1, 0.15) is 11.6 Å². The third kappa shape index (κ3) is 5.23. The summed E-state index contributed by atoms with van der Waals surface area (Å²) < 4.78 is 0. The van der Waals surface area contributed by atoms with Crippen LogP contribution in [0.15, 0.2) is 48.5 Å². The molecule has 2 heterocycles. The molecule has 192 valence electrons. The molecule has 0 aromatic heterocycles. The van der Waals surface area contributed by atoms with E-state index in [2.05, 4.69) is 15.5 Å². The van der Waals surface area contributed by atoms with Gasteiger partial charge in [-0.1, -0.05) is 47.5 Å². The normalized spacial score (nSPS) is 18.0. The Labute approximate surface area is 219 Å². The van der Waals surface area contributed by atoms with Gasteiger partial charge in [0.15, 0.2) is 0 Å². The Morgan fingerprint density at radius 1 is 1.06 bits per heavy atom. The molecule has 11 heteroatoms. The van der Waals surface area contributed by atoms with Crippen LogP contribution in [0, 0.1) is 0 Å². The van der Waals surface area contributed by atoms with Crippen molar-refractivity contribution in [2.24, 2.45) is 0 Å². The first-order chi connectivity index (χ1) is 17.2. The van der Waals surface area contributed by atoms with Crippen molar-refractivity contribution >= 4 is 46.8 Å². The summed E-state index contributed by atoms with van der Waals surface area (Å²) in [5, 5.41) is 16.1. The molecule has 2 aromatic carbocycles. The molecule has 2 saturated heterocycles. The lowest BCUT2D eigenvalue weighted by Crippen LogP contribution is -2.59. The molecule has 36 heavy (non-hydrogen) atoms. The number of carbonyl (C=O) groups is 3. The Balaban J connectivity index is 1.34. The lowest BCUT2D eigenvalue weighted by atomic mass is 9.85. The van der Waals surface area contributed by atoms with Crippen LogP contribution in [0.3, 0.4) is 0 Å². The van der Waals surface area contributed by atoms with Crippen molar-refractivity contribution in [1.82, 2.24) is 20.4 Å². The molecule has 1 spiro atoms. The Morgan fingerprint density at radius 2 is 1.69 bits per heavy atom. The Morgan fingerprint density at radius 3 is 2.31 bits per heavy atom. The molecule has 9 nitrogen and oxygen atoms in total. The van der Waals surface area contributed by atoms with Gasteiger partial charge < -0.3 is 25.1 Å². The largest absolute Gasteiger partial charge is 0.480 e. The van der Waals surface area contributed by atoms with E-state index in [4.69, 9.17) is 23.2 Å². The van der Waals surface area contributed by atoms with Gasteiger partial charge in [0, 0.05) is 54.5 Å². The number of hydrogen-bond donors (Lipinski definition) is 3. The molecule has 2 aromatic rings. The minimum absolute atomic E-state index is 0.0554. The van der Waals surface area contributed by atoms with Crippen molar-refractivity contribution < 1.29 is 19.5 Å². The van der Waals surface area contributed by atoms with Crippen molar-refractivity contribution in [3.63, 3.8) is 0 Å². The Hall–Kier alpha value is -3.01. The quantitative estimate of drug-likeness (QED) is 0.505. The minimum Gasteiger partial charge on any atom is -0.480 e. The van der Waals surface area contributed by atoms with Crippen LogP contribution in [0.4, 0.5) is 10.5 Å². The van der Waals surface area contributed by atoms with Crippen molar-refractivity contribution in [3.8, 4) is 0 Å². The minimum atomic E-state index is -1.10. The third-order valence-corrected chi connectivity index (χ3v) is 7.61. The SMILES string of the molecule is CN1CN(c2ccccc2)C2(CCN(C(=O)NCC(NCc3c(Cl)cccc3Cl)C(=O)O)CC2)C1=O. The molecule has 1 atom stereocenters. The van der Waals surface area contributed by atoms with Crippen molar-refractivity contribution in [2.75, 3.05) is 38.3 Å². The molecule has 1 unspecified atom stereocenters. The number of anilines is 1. The molecule has 0 saturated carbocycles. The number of likely N-dealkylation sites (N-methyl/N-ethyl adjacent to an activating group) is 1. The van der Waals surface area contributed by atoms with Crippen LogP contribution in [-0.2, 0) is 16.1 Å². The monoisotopic (exact) mass is 533 g/mol. The van der Waals surface area contributed by atoms with Gasteiger partial charge in [-0.3, -0.25) is 14.9 Å². The predicted molar refractivity (Wildman–Crippen MR) is 138 cm³/mol. The number of benzene rings is 2. The van der Waals surface area contributed by atoms with E-state index in [0.29, 0.717) is 48.2 Å². The first-order valence-corrected chi connectivity index (χ1v) is 12.5. The number of carboxylic acid groups (broad SMARTS) is 1. The van der Waals surface area contributed by atoms with E-state index in [1.54, 1.807) is 35.0 Å². The maximum atomic E-state index is 13.1. The zero-order valence-corrected chi connectivity index (χ0v) is 21.4. The van der Waals surface area contributed by atoms with E-state index >= 15 is 0 Å². The third-order valence-electron chi connectivity index (χ3n) is 6.90. The molecule has 0 bridgehead atoms. The fraction of sp³-hybridized carbons (Fsp3) is 0.400. The lowest BCUT2D eigenvalue weighted by Gasteiger charge is -2.43. The van der Waals surface area contributed by atoms with Crippen LogP contribution in [0.25, 0.3) is 0 Å². The molecular formula is C25H29Cl2N5O4. The van der Waals surface area contributed by atoms with Crippen LogP contribution in [0.2, 0.25) is 10.0 Å². The molecule has 3 amide bonds. The van der Waals surface area contributed by atoms with Gasteiger partial charge in [0.2, 0.25) is 5.91 Å². The summed E-state index contributed by atoms with van der Waals surface area (Å²) in [6.45, 7) is 1.29. The van der Waals surface area contributed by atoms with Gasteiger partial charge in [-0.25, -0.2) is 4.79 Å². The lowest BCUT2D eigenvalue weighted by molar-refractivity contribution is -0.139. The number of halogens is 2. The number of hydrogen-bond acceptors (Lipinski definition) is 5. The highest BCUT2D eigenvalue weighted by molar-refractivity contribution is 6.35. The van der Waals surface area contributed by atoms with Crippen LogP contribution >= 0.6 is 23.2 Å². The second-order valence-electron chi connectivity index (χ2n) is 9.08. The number of nitrogens with one attached hydrogen (secondary N) is 2. The molecule has 4 rings (SSSR count). The van der Waals surface area contributed by atoms with Crippen LogP contribution < -0.4 is 15.5 Å². The maximum absolute atomic E-state index is 13.1. The second-order valence-corrected chi connectivity index (χ2v) is 9.90. The van der Waals surface area contributed by atoms with Crippen LogP contribution in [0.5, 0.6) is 0 Å². The van der Waals surface area contributed by atoms with Gasteiger partial charge in [-0.05, 0) is 37.1 Å². The van der Waals surface area contributed by atoms with Crippen LogP contribution in [0.1, 0.15) is 18.4 Å². The van der Waals surface area contributed by atoms with Gasteiger partial charge in [-0.15, -0.1) is 0 Å². The zero-order chi connectivity index (χ0) is 25.9. The van der Waals surface area contributed by atoms with E-state index < -0.39 is 17.6 Å². The maximum Gasteiger partial charge on any atom is 0.322 e. The fourth-order valence-corrected chi connectivity index (χ4v) is 5.39. The summed E-state index contributed by atoms with van der Waals surface area (Å²) in [7, 11) is 1.79. The number of aliphatic carboxylic acids is 1. The number of amides is 3. The summed E-state index contributed by atoms with van der Waals surface area (Å²) in [6, 6.07) is 13.5. The van der Waals surface area contributed by atoms with E-state index in [1.807, 2.05) is 30.3 Å². The molecule has 2 aliphatic rings. The summed E-state index contributed by atoms with van der Waals surface area (Å²) in [4.78, 5) is 43.2. The van der Waals surface area contributed by atoms with Gasteiger partial charge in [0.25, 0.3) is 0 Å². The Kier molecular flexibility index (Phi) is 7.92. The number of para-hydroxylation sites is 1. The highest BCUT2D eigenvalue weighted by Gasteiger charge is 2.53. The molecule has 2 aliphatic heterocycles. The summed E-state index contributed by atoms with van der Waals surface area (Å²) >= 11 is 12.3. The van der Waals surface area contributed by atoms with E-state index in [9.17, 15) is 19.5 Å². The average Bonchev–Trinajstić information content (AvgIpc) is 3.11. The highest BCUT2D eigenvalue weighted by atomic mass is 35.5. The number of rotatable bonds is 7. The van der Waals surface area contributed by atoms with Crippen molar-refractivity contribution in [3.05, 3.63) is 64.1 Å². The second kappa shape index (κ2) is 10.9. The summed E-state index contributed by atoms with van der Waals surface area (Å²) in [6.07, 6.45) is 0.980.